The Morgan fingerprint density at radius 3 is 1.95 bits per heavy atom. The van der Waals surface area contributed by atoms with Crippen LogP contribution in [0.1, 0.15) is 39.0 Å². The smallest absolute Gasteiger partial charge is 0.113 e. The largest absolute Gasteiger partial charge is 0.265 e. The predicted molar refractivity (Wildman–Crippen MR) is 84.9 cm³/mol. The molecule has 20 heavy (non-hydrogen) atoms. The van der Waals surface area contributed by atoms with E-state index in [0.29, 0.717) is 0 Å². The van der Waals surface area contributed by atoms with Crippen LogP contribution in [0.4, 0.5) is 0 Å². The molecule has 102 valence electrons. The van der Waals surface area contributed by atoms with Gasteiger partial charge in [-0.05, 0) is 44.0 Å². The van der Waals surface area contributed by atoms with Gasteiger partial charge in [0.1, 0.15) is 5.69 Å². The lowest BCUT2D eigenvalue weighted by Crippen LogP contribution is -1.76. The molecule has 0 aliphatic rings. The van der Waals surface area contributed by atoms with Gasteiger partial charge in [-0.15, -0.1) is 5.92 Å². The van der Waals surface area contributed by atoms with Gasteiger partial charge in [0.2, 0.25) is 0 Å². The number of pyridine rings is 2. The third-order valence-corrected chi connectivity index (χ3v) is 1.87. The minimum Gasteiger partial charge on any atom is -0.265 e. The first-order valence-electron chi connectivity index (χ1n) is 6.53. The van der Waals surface area contributed by atoms with Crippen molar-refractivity contribution in [1.29, 1.82) is 0 Å². The summed E-state index contributed by atoms with van der Waals surface area (Å²) in [7, 11) is 0. The molecule has 2 rings (SSSR count). The van der Waals surface area contributed by atoms with E-state index >= 15 is 0 Å². The lowest BCUT2D eigenvalue weighted by atomic mass is 10.3. The summed E-state index contributed by atoms with van der Waals surface area (Å²) < 4.78 is 0. The summed E-state index contributed by atoms with van der Waals surface area (Å²) in [6, 6.07) is 9.46. The first-order chi connectivity index (χ1) is 9.86. The second-order valence-corrected chi connectivity index (χ2v) is 3.20. The fourth-order valence-electron chi connectivity index (χ4n) is 1.14. The molecule has 0 saturated carbocycles. The number of nitrogens with zero attached hydrogens (tertiary/aromatic N) is 2. The Morgan fingerprint density at radius 1 is 0.800 bits per heavy atom. The summed E-state index contributed by atoms with van der Waals surface area (Å²) in [6.45, 7) is 7.62. The van der Waals surface area contributed by atoms with Gasteiger partial charge in [0.05, 0.1) is 0 Å². The molecule has 0 saturated heterocycles. The zero-order chi connectivity index (χ0) is 15.1. The average molecular weight is 264 g/mol. The fourth-order valence-corrected chi connectivity index (χ4v) is 1.14. The second-order valence-electron chi connectivity index (χ2n) is 3.20. The predicted octanol–water partition coefficient (Wildman–Crippen LogP) is 3.93. The Bertz CT molecular complexity index is 511. The fraction of sp³-hybridized carbons (Fsp3) is 0.222. The summed E-state index contributed by atoms with van der Waals surface area (Å²) in [5.41, 5.74) is 1.85. The van der Waals surface area contributed by atoms with Crippen LogP contribution in [-0.4, -0.2) is 9.97 Å². The monoisotopic (exact) mass is 264 g/mol. The molecule has 0 fully saturated rings. The van der Waals surface area contributed by atoms with Crippen LogP contribution in [0.2, 0.25) is 0 Å². The molecule has 0 aliphatic carbocycles. The van der Waals surface area contributed by atoms with Crippen molar-refractivity contribution in [2.45, 2.75) is 27.7 Å². The molecule has 0 aromatic carbocycles. The van der Waals surface area contributed by atoms with Gasteiger partial charge < -0.3 is 0 Å². The molecule has 2 heteroatoms. The van der Waals surface area contributed by atoms with E-state index in [4.69, 9.17) is 0 Å². The van der Waals surface area contributed by atoms with Crippen LogP contribution in [0.25, 0.3) is 0 Å². The summed E-state index contributed by atoms with van der Waals surface area (Å²) in [4.78, 5) is 7.85. The van der Waals surface area contributed by atoms with Crippen LogP contribution in [0.3, 0.4) is 0 Å². The first-order valence-corrected chi connectivity index (χ1v) is 6.53. The second kappa shape index (κ2) is 12.9. The van der Waals surface area contributed by atoms with Crippen LogP contribution >= 0.6 is 0 Å². The molecule has 2 nitrogen and oxygen atoms in total. The van der Waals surface area contributed by atoms with E-state index in [0.717, 1.165) is 11.3 Å². The summed E-state index contributed by atoms with van der Waals surface area (Å²) in [6.07, 6.45) is 5.21. The zero-order valence-electron chi connectivity index (χ0n) is 12.5. The minimum absolute atomic E-state index is 0.833. The summed E-state index contributed by atoms with van der Waals surface area (Å²) in [5.74, 6) is 11.3. The normalized spacial score (nSPS) is 7.20. The molecule has 0 spiro atoms. The number of hydrogen-bond donors (Lipinski definition) is 0. The molecule has 0 N–H and O–H groups in total. The van der Waals surface area contributed by atoms with E-state index in [1.165, 1.54) is 0 Å². The van der Waals surface area contributed by atoms with E-state index in [2.05, 4.69) is 33.6 Å². The Kier molecular flexibility index (Phi) is 11.2. The van der Waals surface area contributed by atoms with Crippen molar-refractivity contribution < 1.29 is 0 Å². The number of rotatable bonds is 0. The van der Waals surface area contributed by atoms with Crippen LogP contribution < -0.4 is 0 Å². The van der Waals surface area contributed by atoms with Crippen LogP contribution in [0, 0.1) is 23.7 Å². The number of aromatic nitrogens is 2. The van der Waals surface area contributed by atoms with E-state index in [1.807, 2.05) is 51.1 Å². The molecule has 0 atom stereocenters. The molecular weight excluding hydrogens is 244 g/mol. The molecule has 0 aliphatic heterocycles. The Morgan fingerprint density at radius 2 is 1.45 bits per heavy atom. The highest BCUT2D eigenvalue weighted by atomic mass is 14.6. The highest BCUT2D eigenvalue weighted by Crippen LogP contribution is 1.90. The Hall–Kier alpha value is -2.58. The molecular formula is C18H20N2. The lowest BCUT2D eigenvalue weighted by molar-refractivity contribution is 1.29. The van der Waals surface area contributed by atoms with E-state index in [9.17, 15) is 0 Å². The Balaban J connectivity index is 0.000000321. The van der Waals surface area contributed by atoms with Crippen molar-refractivity contribution in [3.05, 3.63) is 60.2 Å². The van der Waals surface area contributed by atoms with Gasteiger partial charge in [-0.2, -0.15) is 0 Å². The van der Waals surface area contributed by atoms with Crippen molar-refractivity contribution in [3.8, 4) is 23.7 Å². The molecule has 2 heterocycles. The SMILES string of the molecule is CC.CC#Cc1ccccn1.CC#Cc1ccncc1. The van der Waals surface area contributed by atoms with Crippen molar-refractivity contribution in [2.75, 3.05) is 0 Å². The van der Waals surface area contributed by atoms with Crippen LogP contribution in [0.5, 0.6) is 0 Å². The first kappa shape index (κ1) is 17.4. The molecule has 2 aromatic heterocycles. The molecule has 0 unspecified atom stereocenters. The topological polar surface area (TPSA) is 25.8 Å². The molecule has 0 bridgehead atoms. The number of hydrogen-bond acceptors (Lipinski definition) is 2. The lowest BCUT2D eigenvalue weighted by Gasteiger charge is -1.83. The van der Waals surface area contributed by atoms with Crippen molar-refractivity contribution in [1.82, 2.24) is 9.97 Å². The van der Waals surface area contributed by atoms with Crippen molar-refractivity contribution in [3.63, 3.8) is 0 Å². The van der Waals surface area contributed by atoms with Crippen molar-refractivity contribution in [2.24, 2.45) is 0 Å². The maximum absolute atomic E-state index is 3.99. The van der Waals surface area contributed by atoms with Gasteiger partial charge in [0, 0.05) is 24.2 Å². The van der Waals surface area contributed by atoms with E-state index in [1.54, 1.807) is 25.5 Å². The van der Waals surface area contributed by atoms with Gasteiger partial charge in [0.25, 0.3) is 0 Å². The van der Waals surface area contributed by atoms with Crippen LogP contribution in [0.15, 0.2) is 48.9 Å². The standard InChI is InChI=1S/2C8H7N.C2H6/c1-2-5-8-6-3-4-7-9-8;1-2-3-8-4-6-9-7-5-8;1-2/h3-4,6-7H,1H3;4-7H,1H3;1-2H3. The summed E-state index contributed by atoms with van der Waals surface area (Å²) >= 11 is 0. The van der Waals surface area contributed by atoms with Gasteiger partial charge >= 0.3 is 0 Å². The zero-order valence-corrected chi connectivity index (χ0v) is 12.5. The quantitative estimate of drug-likeness (QED) is 0.674. The van der Waals surface area contributed by atoms with E-state index in [-0.39, 0.29) is 0 Å². The van der Waals surface area contributed by atoms with Gasteiger partial charge in [0.15, 0.2) is 0 Å². The van der Waals surface area contributed by atoms with Crippen LogP contribution in [-0.2, 0) is 0 Å². The molecule has 0 amide bonds. The van der Waals surface area contributed by atoms with Gasteiger partial charge in [-0.25, -0.2) is 4.98 Å². The molecule has 0 radical (unpaired) electrons. The highest BCUT2D eigenvalue weighted by molar-refractivity contribution is 5.31. The third-order valence-electron chi connectivity index (χ3n) is 1.87. The highest BCUT2D eigenvalue weighted by Gasteiger charge is 1.79. The summed E-state index contributed by atoms with van der Waals surface area (Å²) in [5, 5.41) is 0. The Labute approximate surface area is 122 Å². The minimum atomic E-state index is 0.833. The van der Waals surface area contributed by atoms with Gasteiger partial charge in [-0.1, -0.05) is 31.8 Å². The average Bonchev–Trinajstić information content (AvgIpc) is 2.53. The third kappa shape index (κ3) is 8.50. The maximum Gasteiger partial charge on any atom is 0.113 e. The van der Waals surface area contributed by atoms with Crippen molar-refractivity contribution >= 4 is 0 Å². The molecule has 2 aromatic rings. The van der Waals surface area contributed by atoms with Gasteiger partial charge in [-0.3, -0.25) is 4.98 Å². The maximum atomic E-state index is 3.99. The van der Waals surface area contributed by atoms with E-state index < -0.39 is 0 Å².